The molecule has 0 heterocycles. The maximum Gasteiger partial charge on any atom is 0.305 e. The Kier molecular flexibility index (Phi) is 5.91. The van der Waals surface area contributed by atoms with Gasteiger partial charge in [-0.1, -0.05) is 46.3 Å². The van der Waals surface area contributed by atoms with Gasteiger partial charge in [-0.3, -0.25) is 9.59 Å². The van der Waals surface area contributed by atoms with Crippen LogP contribution < -0.4 is 0 Å². The summed E-state index contributed by atoms with van der Waals surface area (Å²) in [7, 11) is 1.35. The molecule has 3 nitrogen and oxygen atoms in total. The lowest BCUT2D eigenvalue weighted by molar-refractivity contribution is -0.140. The van der Waals surface area contributed by atoms with Crippen molar-refractivity contribution in [2.75, 3.05) is 7.11 Å². The van der Waals surface area contributed by atoms with Crippen LogP contribution in [0.4, 0.5) is 0 Å². The Labute approximate surface area is 109 Å². The van der Waals surface area contributed by atoms with E-state index in [-0.39, 0.29) is 23.0 Å². The Balaban J connectivity index is 2.40. The summed E-state index contributed by atoms with van der Waals surface area (Å²) in [5, 5.41) is 0. The van der Waals surface area contributed by atoms with Crippen LogP contribution in [0.1, 0.15) is 29.7 Å². The second-order valence-corrected chi connectivity index (χ2v) is 4.58. The zero-order chi connectivity index (χ0) is 12.7. The number of esters is 1. The summed E-state index contributed by atoms with van der Waals surface area (Å²) in [6, 6.07) is 9.50. The van der Waals surface area contributed by atoms with Crippen LogP contribution in [0, 0.1) is 0 Å². The second kappa shape index (κ2) is 7.22. The maximum absolute atomic E-state index is 11.8. The van der Waals surface area contributed by atoms with E-state index in [1.807, 2.05) is 30.3 Å². The molecule has 0 saturated heterocycles. The summed E-state index contributed by atoms with van der Waals surface area (Å²) in [5.74, 6) is -0.191. The fourth-order valence-electron chi connectivity index (χ4n) is 1.44. The van der Waals surface area contributed by atoms with Gasteiger partial charge in [0.05, 0.1) is 11.9 Å². The molecule has 4 heteroatoms. The molecule has 1 atom stereocenters. The summed E-state index contributed by atoms with van der Waals surface area (Å²) in [5.41, 5.74) is 0.940. The van der Waals surface area contributed by atoms with E-state index in [0.717, 1.165) is 5.56 Å². The van der Waals surface area contributed by atoms with Gasteiger partial charge in [0, 0.05) is 12.8 Å². The minimum Gasteiger partial charge on any atom is -0.469 e. The van der Waals surface area contributed by atoms with Crippen LogP contribution in [-0.2, 0) is 14.3 Å². The van der Waals surface area contributed by atoms with Gasteiger partial charge in [-0.05, 0) is 12.0 Å². The van der Waals surface area contributed by atoms with E-state index in [2.05, 4.69) is 20.7 Å². The quantitative estimate of drug-likeness (QED) is 0.599. The highest BCUT2D eigenvalue weighted by molar-refractivity contribution is 9.09. The van der Waals surface area contributed by atoms with E-state index in [1.165, 1.54) is 7.11 Å². The smallest absolute Gasteiger partial charge is 0.305 e. The third kappa shape index (κ3) is 4.69. The van der Waals surface area contributed by atoms with Gasteiger partial charge in [-0.25, -0.2) is 0 Å². The van der Waals surface area contributed by atoms with Crippen molar-refractivity contribution < 1.29 is 14.3 Å². The maximum atomic E-state index is 11.8. The topological polar surface area (TPSA) is 43.4 Å². The molecule has 0 N–H and O–H groups in total. The fraction of sp³-hybridized carbons (Fsp3) is 0.385. The Bertz CT molecular complexity index is 376. The number of methoxy groups -OCH3 is 1. The average molecular weight is 299 g/mol. The van der Waals surface area contributed by atoms with Crippen LogP contribution in [0.15, 0.2) is 30.3 Å². The first-order valence-electron chi connectivity index (χ1n) is 5.43. The molecule has 1 aromatic rings. The van der Waals surface area contributed by atoms with Crippen LogP contribution in [0.25, 0.3) is 0 Å². The third-order valence-electron chi connectivity index (χ3n) is 2.41. The zero-order valence-corrected chi connectivity index (χ0v) is 11.3. The predicted molar refractivity (Wildman–Crippen MR) is 69.0 cm³/mol. The summed E-state index contributed by atoms with van der Waals surface area (Å²) in [4.78, 5) is 22.4. The Morgan fingerprint density at radius 1 is 1.24 bits per heavy atom. The van der Waals surface area contributed by atoms with E-state index in [0.29, 0.717) is 12.8 Å². The molecule has 0 aliphatic heterocycles. The van der Waals surface area contributed by atoms with E-state index in [1.54, 1.807) is 0 Å². The molecule has 0 spiro atoms. The average Bonchev–Trinajstić information content (AvgIpc) is 2.38. The van der Waals surface area contributed by atoms with E-state index < -0.39 is 0 Å². The normalized spacial score (nSPS) is 11.9. The largest absolute Gasteiger partial charge is 0.469 e. The Hall–Kier alpha value is -1.16. The van der Waals surface area contributed by atoms with E-state index >= 15 is 0 Å². The van der Waals surface area contributed by atoms with Gasteiger partial charge in [-0.15, -0.1) is 0 Å². The fourth-order valence-corrected chi connectivity index (χ4v) is 1.98. The third-order valence-corrected chi connectivity index (χ3v) is 3.45. The standard InChI is InChI=1S/C13H15BrO3/c1-17-12(16)9-5-8-11(15)13(14)10-6-3-2-4-7-10/h2-4,6-7,13H,5,8-9H2,1H3. The number of hydrogen-bond donors (Lipinski definition) is 0. The molecule has 0 amide bonds. The molecule has 17 heavy (non-hydrogen) atoms. The number of ketones is 1. The SMILES string of the molecule is COC(=O)CCCC(=O)C(Br)c1ccccc1. The summed E-state index contributed by atoms with van der Waals surface area (Å²) < 4.78 is 4.52. The molecule has 0 aliphatic rings. The molecule has 92 valence electrons. The summed E-state index contributed by atoms with van der Waals surface area (Å²) in [6.45, 7) is 0. The van der Waals surface area contributed by atoms with Crippen LogP contribution in [0.3, 0.4) is 0 Å². The first-order chi connectivity index (χ1) is 8.15. The van der Waals surface area contributed by atoms with Crippen molar-refractivity contribution >= 4 is 27.7 Å². The van der Waals surface area contributed by atoms with Crippen LogP contribution >= 0.6 is 15.9 Å². The highest BCUT2D eigenvalue weighted by Gasteiger charge is 2.16. The van der Waals surface area contributed by atoms with Gasteiger partial charge < -0.3 is 4.74 Å². The first kappa shape index (κ1) is 13.9. The van der Waals surface area contributed by atoms with Gasteiger partial charge in [0.25, 0.3) is 0 Å². The Morgan fingerprint density at radius 3 is 2.47 bits per heavy atom. The lowest BCUT2D eigenvalue weighted by Crippen LogP contribution is -2.08. The number of benzene rings is 1. The molecule has 0 aliphatic carbocycles. The van der Waals surface area contributed by atoms with Gasteiger partial charge >= 0.3 is 5.97 Å². The van der Waals surface area contributed by atoms with Crippen molar-refractivity contribution in [2.24, 2.45) is 0 Å². The highest BCUT2D eigenvalue weighted by atomic mass is 79.9. The van der Waals surface area contributed by atoms with Crippen molar-refractivity contribution in [3.8, 4) is 0 Å². The van der Waals surface area contributed by atoms with Gasteiger partial charge in [0.15, 0.2) is 5.78 Å². The first-order valence-corrected chi connectivity index (χ1v) is 6.35. The number of carbonyl (C=O) groups excluding carboxylic acids is 2. The van der Waals surface area contributed by atoms with Crippen molar-refractivity contribution in [2.45, 2.75) is 24.1 Å². The molecule has 0 bridgehead atoms. The molecule has 0 saturated carbocycles. The molecule has 1 unspecified atom stereocenters. The number of ether oxygens (including phenoxy) is 1. The Morgan fingerprint density at radius 2 is 1.88 bits per heavy atom. The number of Topliss-reactive ketones (excluding diaryl/α,β-unsaturated/α-hetero) is 1. The molecule has 0 aromatic heterocycles. The van der Waals surface area contributed by atoms with Gasteiger partial charge in [0.1, 0.15) is 0 Å². The van der Waals surface area contributed by atoms with E-state index in [4.69, 9.17) is 0 Å². The number of rotatable bonds is 6. The number of halogens is 1. The minimum absolute atomic E-state index is 0.0834. The highest BCUT2D eigenvalue weighted by Crippen LogP contribution is 2.25. The van der Waals surface area contributed by atoms with Crippen molar-refractivity contribution in [3.63, 3.8) is 0 Å². The molecule has 1 rings (SSSR count). The molecule has 0 fully saturated rings. The summed E-state index contributed by atoms with van der Waals surface area (Å²) >= 11 is 3.37. The lowest BCUT2D eigenvalue weighted by Gasteiger charge is -2.08. The van der Waals surface area contributed by atoms with Crippen molar-refractivity contribution in [3.05, 3.63) is 35.9 Å². The van der Waals surface area contributed by atoms with Crippen LogP contribution in [0.2, 0.25) is 0 Å². The molecule has 1 aromatic carbocycles. The van der Waals surface area contributed by atoms with Crippen molar-refractivity contribution in [1.29, 1.82) is 0 Å². The molecule has 0 radical (unpaired) electrons. The van der Waals surface area contributed by atoms with Crippen LogP contribution in [0.5, 0.6) is 0 Å². The predicted octanol–water partition coefficient (Wildman–Crippen LogP) is 3.04. The van der Waals surface area contributed by atoms with Gasteiger partial charge in [-0.2, -0.15) is 0 Å². The number of alkyl halides is 1. The second-order valence-electron chi connectivity index (χ2n) is 3.67. The zero-order valence-electron chi connectivity index (χ0n) is 9.69. The van der Waals surface area contributed by atoms with Gasteiger partial charge in [0.2, 0.25) is 0 Å². The monoisotopic (exact) mass is 298 g/mol. The molecular weight excluding hydrogens is 284 g/mol. The lowest BCUT2D eigenvalue weighted by atomic mass is 10.0. The van der Waals surface area contributed by atoms with Crippen molar-refractivity contribution in [1.82, 2.24) is 0 Å². The minimum atomic E-state index is -0.290. The number of carbonyl (C=O) groups is 2. The molecular formula is C13H15BrO3. The number of hydrogen-bond acceptors (Lipinski definition) is 3. The van der Waals surface area contributed by atoms with E-state index in [9.17, 15) is 9.59 Å². The summed E-state index contributed by atoms with van der Waals surface area (Å²) in [6.07, 6.45) is 1.19. The van der Waals surface area contributed by atoms with Crippen LogP contribution in [-0.4, -0.2) is 18.9 Å².